The average Bonchev–Trinajstić information content (AvgIpc) is 2.46. The van der Waals surface area contributed by atoms with Gasteiger partial charge in [0.05, 0.1) is 13.2 Å². The highest BCUT2D eigenvalue weighted by molar-refractivity contribution is 7.87. The fourth-order valence-corrected chi connectivity index (χ4v) is 3.61. The number of aliphatic carboxylic acids is 1. The van der Waals surface area contributed by atoms with Gasteiger partial charge >= 0.3 is 5.97 Å². The van der Waals surface area contributed by atoms with E-state index in [-0.39, 0.29) is 13.1 Å². The van der Waals surface area contributed by atoms with Gasteiger partial charge in [0.1, 0.15) is 6.04 Å². The van der Waals surface area contributed by atoms with Crippen LogP contribution in [0.2, 0.25) is 0 Å². The summed E-state index contributed by atoms with van der Waals surface area (Å²) in [6.45, 7) is 1.86. The van der Waals surface area contributed by atoms with Crippen LogP contribution in [-0.4, -0.2) is 69.9 Å². The summed E-state index contributed by atoms with van der Waals surface area (Å²) in [5.41, 5.74) is 0. The molecule has 1 aliphatic heterocycles. The van der Waals surface area contributed by atoms with Crippen LogP contribution in [0.15, 0.2) is 0 Å². The first-order valence-electron chi connectivity index (χ1n) is 7.05. The summed E-state index contributed by atoms with van der Waals surface area (Å²) >= 11 is 0. The molecule has 0 spiro atoms. The van der Waals surface area contributed by atoms with Crippen LogP contribution in [0.3, 0.4) is 0 Å². The molecule has 1 saturated heterocycles. The predicted octanol–water partition coefficient (Wildman–Crippen LogP) is -0.187. The molecule has 0 radical (unpaired) electrons. The Kier molecular flexibility index (Phi) is 8.12. The van der Waals surface area contributed by atoms with Crippen LogP contribution in [0.25, 0.3) is 0 Å². The summed E-state index contributed by atoms with van der Waals surface area (Å²) in [6.07, 6.45) is 2.30. The van der Waals surface area contributed by atoms with E-state index in [0.29, 0.717) is 39.1 Å². The smallest absolute Gasteiger partial charge is 0.322 e. The van der Waals surface area contributed by atoms with Gasteiger partial charge in [0.15, 0.2) is 0 Å². The predicted molar refractivity (Wildman–Crippen MR) is 76.2 cm³/mol. The molecule has 0 aromatic heterocycles. The van der Waals surface area contributed by atoms with Gasteiger partial charge in [0.25, 0.3) is 10.2 Å². The number of carbonyl (C=O) groups is 1. The quantitative estimate of drug-likeness (QED) is 0.540. The molecule has 2 N–H and O–H groups in total. The van der Waals surface area contributed by atoms with Crippen LogP contribution in [0.5, 0.6) is 0 Å². The molecule has 1 atom stereocenters. The lowest BCUT2D eigenvalue weighted by Gasteiger charge is -2.31. The number of carboxylic acids is 1. The van der Waals surface area contributed by atoms with Crippen molar-refractivity contribution in [2.45, 2.75) is 31.7 Å². The third-order valence-corrected chi connectivity index (χ3v) is 4.85. The number of nitrogens with one attached hydrogen (secondary N) is 1. The number of hydrogen-bond donors (Lipinski definition) is 2. The van der Waals surface area contributed by atoms with Crippen molar-refractivity contribution in [3.63, 3.8) is 0 Å². The molecule has 0 aliphatic carbocycles. The second-order valence-corrected chi connectivity index (χ2v) is 6.53. The lowest BCUT2D eigenvalue weighted by Crippen LogP contribution is -2.52. The van der Waals surface area contributed by atoms with Crippen molar-refractivity contribution in [2.75, 3.05) is 40.0 Å². The highest BCUT2D eigenvalue weighted by Crippen LogP contribution is 2.19. The molecule has 1 aliphatic rings. The van der Waals surface area contributed by atoms with Gasteiger partial charge in [-0.1, -0.05) is 0 Å². The molecular weight excluding hydrogens is 300 g/mol. The standard InChI is InChI=1S/C12H24N2O6S/c1-19-9-10-20-8-4-6-13-21(17,18)14-7-3-2-5-11(14)12(15)16/h11,13H,2-10H2,1H3,(H,15,16). The van der Waals surface area contributed by atoms with Gasteiger partial charge in [-0.25, -0.2) is 4.72 Å². The van der Waals surface area contributed by atoms with Crippen molar-refractivity contribution in [2.24, 2.45) is 0 Å². The zero-order valence-electron chi connectivity index (χ0n) is 12.3. The van der Waals surface area contributed by atoms with Crippen molar-refractivity contribution in [3.8, 4) is 0 Å². The van der Waals surface area contributed by atoms with Crippen molar-refractivity contribution in [1.82, 2.24) is 9.03 Å². The molecule has 1 fully saturated rings. The summed E-state index contributed by atoms with van der Waals surface area (Å²) in [6, 6.07) is -0.964. The largest absolute Gasteiger partial charge is 0.480 e. The van der Waals surface area contributed by atoms with E-state index in [1.54, 1.807) is 7.11 Å². The molecule has 1 unspecified atom stereocenters. The normalized spacial score (nSPS) is 20.5. The fraction of sp³-hybridized carbons (Fsp3) is 0.917. The summed E-state index contributed by atoms with van der Waals surface area (Å²) in [5, 5.41) is 9.10. The second kappa shape index (κ2) is 9.31. The Labute approximate surface area is 125 Å². The summed E-state index contributed by atoms with van der Waals surface area (Å²) in [5.74, 6) is -1.09. The number of hydrogen-bond acceptors (Lipinski definition) is 5. The lowest BCUT2D eigenvalue weighted by molar-refractivity contribution is -0.142. The van der Waals surface area contributed by atoms with E-state index in [0.717, 1.165) is 10.7 Å². The third kappa shape index (κ3) is 6.27. The van der Waals surface area contributed by atoms with Gasteiger partial charge in [-0.3, -0.25) is 4.79 Å². The molecule has 1 heterocycles. The molecule has 0 aromatic carbocycles. The SMILES string of the molecule is COCCOCCCNS(=O)(=O)N1CCCCC1C(=O)O. The number of ether oxygens (including phenoxy) is 2. The molecule has 0 saturated carbocycles. The Morgan fingerprint density at radius 1 is 1.33 bits per heavy atom. The third-order valence-electron chi connectivity index (χ3n) is 3.23. The van der Waals surface area contributed by atoms with Crippen LogP contribution < -0.4 is 4.72 Å². The second-order valence-electron chi connectivity index (χ2n) is 4.82. The minimum Gasteiger partial charge on any atom is -0.480 e. The molecule has 124 valence electrons. The maximum absolute atomic E-state index is 12.1. The molecular formula is C12H24N2O6S. The Hall–Kier alpha value is -0.740. The molecule has 0 bridgehead atoms. The molecule has 0 aromatic rings. The molecule has 21 heavy (non-hydrogen) atoms. The van der Waals surface area contributed by atoms with E-state index in [1.807, 2.05) is 0 Å². The van der Waals surface area contributed by atoms with Crippen LogP contribution >= 0.6 is 0 Å². The number of carboxylic acid groups (broad SMARTS) is 1. The van der Waals surface area contributed by atoms with Crippen molar-refractivity contribution in [3.05, 3.63) is 0 Å². The van der Waals surface area contributed by atoms with Crippen molar-refractivity contribution in [1.29, 1.82) is 0 Å². The maximum atomic E-state index is 12.1. The Balaban J connectivity index is 2.36. The molecule has 8 nitrogen and oxygen atoms in total. The maximum Gasteiger partial charge on any atom is 0.322 e. The number of rotatable bonds is 10. The Morgan fingerprint density at radius 2 is 2.10 bits per heavy atom. The van der Waals surface area contributed by atoms with Crippen LogP contribution in [-0.2, 0) is 24.5 Å². The minimum atomic E-state index is -3.75. The highest BCUT2D eigenvalue weighted by Gasteiger charge is 2.36. The first-order chi connectivity index (χ1) is 9.99. The molecule has 1 rings (SSSR count). The van der Waals surface area contributed by atoms with Crippen molar-refractivity contribution >= 4 is 16.2 Å². The van der Waals surface area contributed by atoms with Crippen LogP contribution in [0, 0.1) is 0 Å². The summed E-state index contributed by atoms with van der Waals surface area (Å²) in [4.78, 5) is 11.1. The van der Waals surface area contributed by atoms with Gasteiger partial charge in [-0.2, -0.15) is 12.7 Å². The van der Waals surface area contributed by atoms with Crippen LogP contribution in [0.1, 0.15) is 25.7 Å². The number of nitrogens with zero attached hydrogens (tertiary/aromatic N) is 1. The lowest BCUT2D eigenvalue weighted by atomic mass is 10.1. The Morgan fingerprint density at radius 3 is 2.76 bits per heavy atom. The van der Waals surface area contributed by atoms with Gasteiger partial charge in [0.2, 0.25) is 0 Å². The van der Waals surface area contributed by atoms with E-state index in [9.17, 15) is 13.2 Å². The first-order valence-corrected chi connectivity index (χ1v) is 8.49. The van der Waals surface area contributed by atoms with Gasteiger partial charge in [-0.15, -0.1) is 0 Å². The average molecular weight is 324 g/mol. The highest BCUT2D eigenvalue weighted by atomic mass is 32.2. The van der Waals surface area contributed by atoms with Gasteiger partial charge < -0.3 is 14.6 Å². The van der Waals surface area contributed by atoms with E-state index in [2.05, 4.69) is 4.72 Å². The fourth-order valence-electron chi connectivity index (χ4n) is 2.14. The van der Waals surface area contributed by atoms with Crippen molar-refractivity contribution < 1.29 is 27.8 Å². The number of methoxy groups -OCH3 is 1. The van der Waals surface area contributed by atoms with Crippen LogP contribution in [0.4, 0.5) is 0 Å². The van der Waals surface area contributed by atoms with E-state index in [1.165, 1.54) is 0 Å². The zero-order chi connectivity index (χ0) is 15.7. The van der Waals surface area contributed by atoms with E-state index < -0.39 is 22.2 Å². The molecule has 0 amide bonds. The minimum absolute atomic E-state index is 0.220. The first kappa shape index (κ1) is 18.3. The van der Waals surface area contributed by atoms with E-state index >= 15 is 0 Å². The Bertz CT molecular complexity index is 414. The van der Waals surface area contributed by atoms with Gasteiger partial charge in [0, 0.05) is 26.8 Å². The molecule has 9 heteroatoms. The summed E-state index contributed by atoms with van der Waals surface area (Å²) < 4.78 is 37.8. The summed E-state index contributed by atoms with van der Waals surface area (Å²) in [7, 11) is -2.17. The van der Waals surface area contributed by atoms with Gasteiger partial charge in [-0.05, 0) is 25.7 Å². The van der Waals surface area contributed by atoms with E-state index in [4.69, 9.17) is 14.6 Å². The number of piperidine rings is 1. The zero-order valence-corrected chi connectivity index (χ0v) is 13.1. The monoisotopic (exact) mass is 324 g/mol. The topological polar surface area (TPSA) is 105 Å².